The van der Waals surface area contributed by atoms with Gasteiger partial charge in [0.15, 0.2) is 0 Å². The van der Waals surface area contributed by atoms with Crippen molar-refractivity contribution in [2.24, 2.45) is 0 Å². The lowest BCUT2D eigenvalue weighted by atomic mass is 10.1. The SMILES string of the molecule is Cc1c(NC(=O)OC(C)(C)C)cccc1[N+](=O)[O-]. The van der Waals surface area contributed by atoms with Crippen molar-refractivity contribution in [3.05, 3.63) is 33.9 Å². The van der Waals surface area contributed by atoms with Crippen LogP contribution in [0.2, 0.25) is 0 Å². The van der Waals surface area contributed by atoms with Crippen LogP contribution in [0.25, 0.3) is 0 Å². The van der Waals surface area contributed by atoms with Gasteiger partial charge >= 0.3 is 6.09 Å². The molecule has 18 heavy (non-hydrogen) atoms. The van der Waals surface area contributed by atoms with Crippen molar-refractivity contribution in [2.45, 2.75) is 33.3 Å². The summed E-state index contributed by atoms with van der Waals surface area (Å²) in [7, 11) is 0. The maximum Gasteiger partial charge on any atom is 0.412 e. The minimum Gasteiger partial charge on any atom is -0.444 e. The van der Waals surface area contributed by atoms with E-state index >= 15 is 0 Å². The predicted octanol–water partition coefficient (Wildman–Crippen LogP) is 3.25. The normalized spacial score (nSPS) is 10.9. The number of anilines is 1. The molecule has 6 heteroatoms. The Bertz CT molecular complexity index is 477. The number of carbonyl (C=O) groups excluding carboxylic acids is 1. The van der Waals surface area contributed by atoms with Gasteiger partial charge in [-0.05, 0) is 33.8 Å². The molecule has 0 atom stereocenters. The Labute approximate surface area is 105 Å². The highest BCUT2D eigenvalue weighted by Crippen LogP contribution is 2.25. The Kier molecular flexibility index (Phi) is 3.90. The average molecular weight is 252 g/mol. The number of nitro groups is 1. The average Bonchev–Trinajstić information content (AvgIpc) is 2.17. The Morgan fingerprint density at radius 3 is 2.50 bits per heavy atom. The monoisotopic (exact) mass is 252 g/mol. The minimum absolute atomic E-state index is 0.0384. The number of ether oxygens (including phenoxy) is 1. The molecule has 0 bridgehead atoms. The van der Waals surface area contributed by atoms with Crippen molar-refractivity contribution in [2.75, 3.05) is 5.32 Å². The summed E-state index contributed by atoms with van der Waals surface area (Å²) in [6.07, 6.45) is -0.633. The van der Waals surface area contributed by atoms with E-state index < -0.39 is 16.6 Å². The summed E-state index contributed by atoms with van der Waals surface area (Å²) in [4.78, 5) is 21.8. The van der Waals surface area contributed by atoms with Gasteiger partial charge in [-0.25, -0.2) is 4.79 Å². The van der Waals surface area contributed by atoms with Crippen LogP contribution in [0.3, 0.4) is 0 Å². The summed E-state index contributed by atoms with van der Waals surface area (Å²) in [6.45, 7) is 6.80. The van der Waals surface area contributed by atoms with Crippen LogP contribution in [0.15, 0.2) is 18.2 Å². The van der Waals surface area contributed by atoms with Gasteiger partial charge in [0, 0.05) is 6.07 Å². The molecule has 1 N–H and O–H groups in total. The van der Waals surface area contributed by atoms with Gasteiger partial charge in [0.2, 0.25) is 0 Å². The lowest BCUT2D eigenvalue weighted by molar-refractivity contribution is -0.385. The van der Waals surface area contributed by atoms with E-state index in [0.717, 1.165) is 0 Å². The molecule has 0 heterocycles. The van der Waals surface area contributed by atoms with Crippen LogP contribution in [-0.2, 0) is 4.74 Å². The molecule has 1 aromatic rings. The number of nitrogens with one attached hydrogen (secondary N) is 1. The predicted molar refractivity (Wildman–Crippen MR) is 67.7 cm³/mol. The zero-order valence-corrected chi connectivity index (χ0v) is 10.8. The lowest BCUT2D eigenvalue weighted by Gasteiger charge is -2.20. The van der Waals surface area contributed by atoms with Gasteiger partial charge < -0.3 is 4.74 Å². The van der Waals surface area contributed by atoms with Crippen LogP contribution in [-0.4, -0.2) is 16.6 Å². The van der Waals surface area contributed by atoms with E-state index in [1.54, 1.807) is 33.8 Å². The lowest BCUT2D eigenvalue weighted by Crippen LogP contribution is -2.27. The molecule has 98 valence electrons. The van der Waals surface area contributed by atoms with Crippen LogP contribution in [0.4, 0.5) is 16.2 Å². The zero-order chi connectivity index (χ0) is 13.9. The van der Waals surface area contributed by atoms with Gasteiger partial charge in [0.1, 0.15) is 5.60 Å². The molecule has 0 saturated carbocycles. The number of benzene rings is 1. The maximum atomic E-state index is 11.6. The van der Waals surface area contributed by atoms with Gasteiger partial charge in [0.25, 0.3) is 5.69 Å². The first-order chi connectivity index (χ1) is 8.20. The fourth-order valence-corrected chi connectivity index (χ4v) is 1.37. The first-order valence-electron chi connectivity index (χ1n) is 5.45. The molecule has 0 aromatic heterocycles. The third-order valence-corrected chi connectivity index (χ3v) is 2.14. The second-order valence-electron chi connectivity index (χ2n) is 4.83. The number of amides is 1. The molecule has 0 unspecified atom stereocenters. The van der Waals surface area contributed by atoms with Crippen molar-refractivity contribution in [1.29, 1.82) is 0 Å². The van der Waals surface area contributed by atoms with Crippen molar-refractivity contribution in [3.63, 3.8) is 0 Å². The highest BCUT2D eigenvalue weighted by molar-refractivity contribution is 5.86. The van der Waals surface area contributed by atoms with E-state index in [0.29, 0.717) is 11.3 Å². The van der Waals surface area contributed by atoms with Gasteiger partial charge in [-0.3, -0.25) is 15.4 Å². The Balaban J connectivity index is 2.89. The molecule has 0 radical (unpaired) electrons. The van der Waals surface area contributed by atoms with Crippen molar-refractivity contribution in [3.8, 4) is 0 Å². The van der Waals surface area contributed by atoms with E-state index in [-0.39, 0.29) is 5.69 Å². The Hall–Kier alpha value is -2.11. The van der Waals surface area contributed by atoms with Gasteiger partial charge in [-0.15, -0.1) is 0 Å². The molecule has 0 saturated heterocycles. The number of hydrogen-bond acceptors (Lipinski definition) is 4. The van der Waals surface area contributed by atoms with E-state index in [4.69, 9.17) is 4.74 Å². The summed E-state index contributed by atoms with van der Waals surface area (Å²) in [5.74, 6) is 0. The number of hydrogen-bond donors (Lipinski definition) is 1. The van der Waals surface area contributed by atoms with Crippen LogP contribution in [0.1, 0.15) is 26.3 Å². The molecule has 0 aliphatic rings. The molecule has 1 amide bonds. The van der Waals surface area contributed by atoms with E-state index in [1.165, 1.54) is 12.1 Å². The summed E-state index contributed by atoms with van der Waals surface area (Å²) >= 11 is 0. The first-order valence-corrected chi connectivity index (χ1v) is 5.45. The number of carbonyl (C=O) groups is 1. The largest absolute Gasteiger partial charge is 0.444 e. The molecule has 1 aromatic carbocycles. The molecular weight excluding hydrogens is 236 g/mol. The van der Waals surface area contributed by atoms with Crippen LogP contribution >= 0.6 is 0 Å². The molecule has 0 spiro atoms. The minimum atomic E-state index is -0.633. The highest BCUT2D eigenvalue weighted by Gasteiger charge is 2.19. The second-order valence-corrected chi connectivity index (χ2v) is 4.83. The Morgan fingerprint density at radius 1 is 1.39 bits per heavy atom. The van der Waals surface area contributed by atoms with Gasteiger partial charge in [-0.1, -0.05) is 6.07 Å². The van der Waals surface area contributed by atoms with Crippen molar-refractivity contribution >= 4 is 17.5 Å². The second kappa shape index (κ2) is 5.03. The summed E-state index contributed by atoms with van der Waals surface area (Å²) in [5.41, 5.74) is 0.119. The molecular formula is C12H16N2O4. The third kappa shape index (κ3) is 3.73. The summed E-state index contributed by atoms with van der Waals surface area (Å²) in [5, 5.41) is 13.2. The van der Waals surface area contributed by atoms with E-state index in [9.17, 15) is 14.9 Å². The molecule has 0 aliphatic carbocycles. The smallest absolute Gasteiger partial charge is 0.412 e. The molecule has 0 aliphatic heterocycles. The van der Waals surface area contributed by atoms with Gasteiger partial charge in [0.05, 0.1) is 16.2 Å². The maximum absolute atomic E-state index is 11.6. The van der Waals surface area contributed by atoms with Crippen LogP contribution in [0.5, 0.6) is 0 Å². The van der Waals surface area contributed by atoms with Crippen LogP contribution < -0.4 is 5.32 Å². The number of rotatable bonds is 2. The first kappa shape index (κ1) is 14.0. The molecule has 6 nitrogen and oxygen atoms in total. The Morgan fingerprint density at radius 2 is 2.00 bits per heavy atom. The number of nitrogens with zero attached hydrogens (tertiary/aromatic N) is 1. The molecule has 1 rings (SSSR count). The fourth-order valence-electron chi connectivity index (χ4n) is 1.37. The molecule has 0 fully saturated rings. The van der Waals surface area contributed by atoms with Crippen LogP contribution in [0, 0.1) is 17.0 Å². The van der Waals surface area contributed by atoms with E-state index in [2.05, 4.69) is 5.32 Å². The zero-order valence-electron chi connectivity index (χ0n) is 10.8. The third-order valence-electron chi connectivity index (χ3n) is 2.14. The topological polar surface area (TPSA) is 81.5 Å². The summed E-state index contributed by atoms with van der Waals surface area (Å²) in [6, 6.07) is 4.49. The fraction of sp³-hybridized carbons (Fsp3) is 0.417. The summed E-state index contributed by atoms with van der Waals surface area (Å²) < 4.78 is 5.08. The highest BCUT2D eigenvalue weighted by atomic mass is 16.6. The van der Waals surface area contributed by atoms with E-state index in [1.807, 2.05) is 0 Å². The number of nitro benzene ring substituents is 1. The quantitative estimate of drug-likeness (QED) is 0.647. The van der Waals surface area contributed by atoms with Crippen molar-refractivity contribution < 1.29 is 14.5 Å². The standard InChI is InChI=1S/C12H16N2O4/c1-8-9(6-5-7-10(8)14(16)17)13-11(15)18-12(2,3)4/h5-7H,1-4H3,(H,13,15). The van der Waals surface area contributed by atoms with Crippen molar-refractivity contribution in [1.82, 2.24) is 0 Å². The van der Waals surface area contributed by atoms with Gasteiger partial charge in [-0.2, -0.15) is 0 Å².